The van der Waals surface area contributed by atoms with E-state index < -0.39 is 0 Å². The van der Waals surface area contributed by atoms with Gasteiger partial charge in [0.1, 0.15) is 11.3 Å². The summed E-state index contributed by atoms with van der Waals surface area (Å²) in [5, 5.41) is 11.3. The standard InChI is InChI=1S/C21H17BrN4O2/c1-28-20-11-10-16(22)12-18(20)23-21(27)15-8-6-14(7-9-15)13-26-19-5-3-2-4-17(19)24-25-26/h2-12H,13H2,1H3,(H,23,27). The van der Waals surface area contributed by atoms with E-state index in [0.717, 1.165) is 21.1 Å². The number of anilines is 1. The maximum Gasteiger partial charge on any atom is 0.255 e. The Kier molecular flexibility index (Phi) is 5.08. The molecule has 0 saturated carbocycles. The highest BCUT2D eigenvalue weighted by atomic mass is 79.9. The van der Waals surface area contributed by atoms with Crippen LogP contribution in [0.5, 0.6) is 5.75 Å². The third kappa shape index (κ3) is 3.75. The number of halogens is 1. The molecule has 1 amide bonds. The van der Waals surface area contributed by atoms with E-state index in [2.05, 4.69) is 31.6 Å². The Morgan fingerprint density at radius 1 is 1.11 bits per heavy atom. The second-order valence-electron chi connectivity index (χ2n) is 6.23. The lowest BCUT2D eigenvalue weighted by Crippen LogP contribution is -2.13. The number of methoxy groups -OCH3 is 1. The summed E-state index contributed by atoms with van der Waals surface area (Å²) in [6.45, 7) is 0.585. The van der Waals surface area contributed by atoms with Gasteiger partial charge < -0.3 is 10.1 Å². The minimum absolute atomic E-state index is 0.200. The van der Waals surface area contributed by atoms with Crippen molar-refractivity contribution in [3.8, 4) is 5.75 Å². The number of nitrogens with zero attached hydrogens (tertiary/aromatic N) is 3. The average molecular weight is 437 g/mol. The topological polar surface area (TPSA) is 69.0 Å². The van der Waals surface area contributed by atoms with Gasteiger partial charge in [-0.15, -0.1) is 5.10 Å². The van der Waals surface area contributed by atoms with Gasteiger partial charge in [-0.25, -0.2) is 4.68 Å². The van der Waals surface area contributed by atoms with Gasteiger partial charge >= 0.3 is 0 Å². The molecule has 4 rings (SSSR count). The van der Waals surface area contributed by atoms with E-state index in [9.17, 15) is 4.79 Å². The van der Waals surface area contributed by atoms with Gasteiger partial charge in [0, 0.05) is 10.0 Å². The van der Waals surface area contributed by atoms with Crippen molar-refractivity contribution >= 4 is 38.6 Å². The third-order valence-corrected chi connectivity index (χ3v) is 4.87. The smallest absolute Gasteiger partial charge is 0.255 e. The largest absolute Gasteiger partial charge is 0.495 e. The number of rotatable bonds is 5. The fourth-order valence-electron chi connectivity index (χ4n) is 2.94. The highest BCUT2D eigenvalue weighted by Gasteiger charge is 2.11. The van der Waals surface area contributed by atoms with Crippen LogP contribution >= 0.6 is 15.9 Å². The summed E-state index contributed by atoms with van der Waals surface area (Å²) in [4.78, 5) is 12.6. The summed E-state index contributed by atoms with van der Waals surface area (Å²) >= 11 is 3.41. The first-order valence-electron chi connectivity index (χ1n) is 8.66. The normalized spacial score (nSPS) is 10.8. The lowest BCUT2D eigenvalue weighted by Gasteiger charge is -2.11. The maximum atomic E-state index is 12.6. The zero-order valence-corrected chi connectivity index (χ0v) is 16.7. The molecule has 0 radical (unpaired) electrons. The number of carbonyl (C=O) groups is 1. The van der Waals surface area contributed by atoms with Crippen molar-refractivity contribution in [2.75, 3.05) is 12.4 Å². The molecule has 28 heavy (non-hydrogen) atoms. The van der Waals surface area contributed by atoms with Crippen molar-refractivity contribution in [3.63, 3.8) is 0 Å². The molecular formula is C21H17BrN4O2. The van der Waals surface area contributed by atoms with Crippen molar-refractivity contribution in [1.82, 2.24) is 15.0 Å². The lowest BCUT2D eigenvalue weighted by molar-refractivity contribution is 0.102. The summed E-state index contributed by atoms with van der Waals surface area (Å²) in [5.41, 5.74) is 4.05. The highest BCUT2D eigenvalue weighted by molar-refractivity contribution is 9.10. The van der Waals surface area contributed by atoms with Crippen molar-refractivity contribution < 1.29 is 9.53 Å². The molecule has 0 aliphatic heterocycles. The summed E-state index contributed by atoms with van der Waals surface area (Å²) in [6.07, 6.45) is 0. The molecule has 0 unspecified atom stereocenters. The fraction of sp³-hybridized carbons (Fsp3) is 0.0952. The molecule has 0 spiro atoms. The predicted molar refractivity (Wildman–Crippen MR) is 112 cm³/mol. The number of aromatic nitrogens is 3. The predicted octanol–water partition coefficient (Wildman–Crippen LogP) is 4.50. The second kappa shape index (κ2) is 7.82. The zero-order valence-electron chi connectivity index (χ0n) is 15.1. The number of nitrogens with one attached hydrogen (secondary N) is 1. The molecule has 0 fully saturated rings. The Hall–Kier alpha value is -3.19. The maximum absolute atomic E-state index is 12.6. The quantitative estimate of drug-likeness (QED) is 0.499. The monoisotopic (exact) mass is 436 g/mol. The van der Waals surface area contributed by atoms with Crippen LogP contribution in [0.4, 0.5) is 5.69 Å². The van der Waals surface area contributed by atoms with E-state index in [4.69, 9.17) is 4.74 Å². The number of carbonyl (C=O) groups excluding carboxylic acids is 1. The SMILES string of the molecule is COc1ccc(Br)cc1NC(=O)c1ccc(Cn2nnc3ccccc32)cc1. The Balaban J connectivity index is 1.50. The molecule has 6 nitrogen and oxygen atoms in total. The van der Waals surface area contributed by atoms with Gasteiger partial charge in [0.05, 0.1) is 24.9 Å². The highest BCUT2D eigenvalue weighted by Crippen LogP contribution is 2.28. The van der Waals surface area contributed by atoms with E-state index in [1.165, 1.54) is 0 Å². The number of fused-ring (bicyclic) bond motifs is 1. The van der Waals surface area contributed by atoms with Crippen molar-refractivity contribution in [1.29, 1.82) is 0 Å². The van der Waals surface area contributed by atoms with Crippen LogP contribution in [0.15, 0.2) is 71.2 Å². The lowest BCUT2D eigenvalue weighted by atomic mass is 10.1. The molecule has 4 aromatic rings. The number of amides is 1. The molecule has 0 saturated heterocycles. The molecule has 0 bridgehead atoms. The van der Waals surface area contributed by atoms with Gasteiger partial charge in [-0.2, -0.15) is 0 Å². The third-order valence-electron chi connectivity index (χ3n) is 4.38. The molecular weight excluding hydrogens is 420 g/mol. The Labute approximate surface area is 170 Å². The molecule has 140 valence electrons. The average Bonchev–Trinajstić information content (AvgIpc) is 3.12. The van der Waals surface area contributed by atoms with Crippen molar-refractivity contribution in [2.45, 2.75) is 6.54 Å². The first-order valence-corrected chi connectivity index (χ1v) is 9.45. The first-order chi connectivity index (χ1) is 13.6. The molecule has 0 atom stereocenters. The summed E-state index contributed by atoms with van der Waals surface area (Å²) in [6, 6.07) is 20.7. The van der Waals surface area contributed by atoms with Crippen LogP contribution in [-0.2, 0) is 6.54 Å². The summed E-state index contributed by atoms with van der Waals surface area (Å²) in [7, 11) is 1.57. The molecule has 1 heterocycles. The molecule has 1 N–H and O–H groups in total. The molecule has 0 aliphatic carbocycles. The van der Waals surface area contributed by atoms with Crippen molar-refractivity contribution in [2.24, 2.45) is 0 Å². The minimum atomic E-state index is -0.200. The van der Waals surface area contributed by atoms with Crippen LogP contribution in [0.1, 0.15) is 15.9 Å². The van der Waals surface area contributed by atoms with Gasteiger partial charge in [0.15, 0.2) is 0 Å². The van der Waals surface area contributed by atoms with Crippen LogP contribution in [-0.4, -0.2) is 28.0 Å². The van der Waals surface area contributed by atoms with Crippen LogP contribution in [0, 0.1) is 0 Å². The Bertz CT molecular complexity index is 1140. The van der Waals surface area contributed by atoms with E-state index in [-0.39, 0.29) is 5.91 Å². The van der Waals surface area contributed by atoms with Gasteiger partial charge in [0.25, 0.3) is 5.91 Å². The van der Waals surface area contributed by atoms with E-state index in [1.807, 2.05) is 47.1 Å². The van der Waals surface area contributed by atoms with Gasteiger partial charge in [-0.05, 0) is 48.0 Å². The van der Waals surface area contributed by atoms with Crippen LogP contribution in [0.25, 0.3) is 11.0 Å². The molecule has 0 aliphatic rings. The van der Waals surface area contributed by atoms with E-state index in [1.54, 1.807) is 31.4 Å². The second-order valence-corrected chi connectivity index (χ2v) is 7.15. The number of para-hydroxylation sites is 1. The van der Waals surface area contributed by atoms with E-state index >= 15 is 0 Å². The zero-order chi connectivity index (χ0) is 19.5. The van der Waals surface area contributed by atoms with Crippen LogP contribution in [0.3, 0.4) is 0 Å². The van der Waals surface area contributed by atoms with Crippen LogP contribution in [0.2, 0.25) is 0 Å². The minimum Gasteiger partial charge on any atom is -0.495 e. The van der Waals surface area contributed by atoms with Gasteiger partial charge in [-0.3, -0.25) is 4.79 Å². The van der Waals surface area contributed by atoms with Crippen molar-refractivity contribution in [3.05, 3.63) is 82.3 Å². The van der Waals surface area contributed by atoms with Gasteiger partial charge in [-0.1, -0.05) is 45.4 Å². The summed E-state index contributed by atoms with van der Waals surface area (Å²) in [5.74, 6) is 0.403. The Morgan fingerprint density at radius 2 is 1.89 bits per heavy atom. The fourth-order valence-corrected chi connectivity index (χ4v) is 3.30. The number of hydrogen-bond donors (Lipinski definition) is 1. The summed E-state index contributed by atoms with van der Waals surface area (Å²) < 4.78 is 8.00. The Morgan fingerprint density at radius 3 is 2.68 bits per heavy atom. The van der Waals surface area contributed by atoms with Gasteiger partial charge in [0.2, 0.25) is 0 Å². The first kappa shape index (κ1) is 18.2. The number of hydrogen-bond acceptors (Lipinski definition) is 4. The number of benzene rings is 3. The molecule has 3 aromatic carbocycles. The van der Waals surface area contributed by atoms with E-state index in [0.29, 0.717) is 23.5 Å². The van der Waals surface area contributed by atoms with Crippen LogP contribution < -0.4 is 10.1 Å². The molecule has 7 heteroatoms. The molecule has 1 aromatic heterocycles. The number of ether oxygens (including phenoxy) is 1.